The number of benzene rings is 2. The van der Waals surface area contributed by atoms with Crippen LogP contribution in [0.4, 0.5) is 11.4 Å². The van der Waals surface area contributed by atoms with Crippen molar-refractivity contribution in [2.75, 3.05) is 0 Å². The summed E-state index contributed by atoms with van der Waals surface area (Å²) in [6, 6.07) is 15.8. The van der Waals surface area contributed by atoms with Gasteiger partial charge < -0.3 is 28.8 Å². The highest BCUT2D eigenvalue weighted by molar-refractivity contribution is 5.93. The number of cyclic esters (lactones) is 2. The molecule has 0 saturated carbocycles. The molecule has 4 aliphatic rings. The number of fused-ring (bicyclic) bond motifs is 10. The molecule has 8 heterocycles. The summed E-state index contributed by atoms with van der Waals surface area (Å²) in [5.74, 6) is -1.56. The largest absolute Gasteiger partial charge is 0.458 e. The number of aromatic nitrogens is 4. The third-order valence-electron chi connectivity index (χ3n) is 11.5. The number of ether oxygens (including phenoxy) is 2. The topological polar surface area (TPSA) is 249 Å². The van der Waals surface area contributed by atoms with Crippen LogP contribution in [0.3, 0.4) is 0 Å². The molecule has 18 nitrogen and oxygen atoms in total. The van der Waals surface area contributed by atoms with Crippen LogP contribution in [0.15, 0.2) is 70.3 Å². The van der Waals surface area contributed by atoms with E-state index in [1.165, 1.54) is 21.3 Å². The number of nitrogens with zero attached hydrogens (tertiary/aromatic N) is 6. The second kappa shape index (κ2) is 12.7. The first-order valence-corrected chi connectivity index (χ1v) is 18.2. The third-order valence-corrected chi connectivity index (χ3v) is 11.5. The summed E-state index contributed by atoms with van der Waals surface area (Å²) in [7, 11) is 0. The van der Waals surface area contributed by atoms with Gasteiger partial charge in [0, 0.05) is 34.4 Å². The highest BCUT2D eigenvalue weighted by Crippen LogP contribution is 2.41. The molecule has 6 aromatic rings. The monoisotopic (exact) mass is 786 g/mol. The van der Waals surface area contributed by atoms with Gasteiger partial charge in [-0.2, -0.15) is 0 Å². The second-order valence-electron chi connectivity index (χ2n) is 14.4. The van der Waals surface area contributed by atoms with E-state index in [2.05, 4.69) is 9.97 Å². The highest BCUT2D eigenvalue weighted by Gasteiger charge is 2.47. The minimum atomic E-state index is -1.89. The van der Waals surface area contributed by atoms with Crippen molar-refractivity contribution < 1.29 is 39.1 Å². The van der Waals surface area contributed by atoms with Gasteiger partial charge in [-0.3, -0.25) is 29.8 Å². The van der Waals surface area contributed by atoms with Gasteiger partial charge in [0.15, 0.2) is 11.2 Å². The molecule has 4 aliphatic heterocycles. The molecule has 0 bridgehead atoms. The fourth-order valence-electron chi connectivity index (χ4n) is 8.29. The van der Waals surface area contributed by atoms with E-state index < -0.39 is 33.0 Å². The second-order valence-corrected chi connectivity index (χ2v) is 14.4. The Hall–Kier alpha value is -7.18. The maximum absolute atomic E-state index is 13.1. The molecule has 2 aromatic carbocycles. The molecule has 0 saturated heterocycles. The van der Waals surface area contributed by atoms with Crippen LogP contribution in [0.25, 0.3) is 44.6 Å². The minimum Gasteiger partial charge on any atom is -0.458 e. The lowest BCUT2D eigenvalue weighted by Crippen LogP contribution is -2.44. The molecule has 18 heteroatoms. The number of carbonyl (C=O) groups is 2. The number of pyridine rings is 4. The Morgan fingerprint density at radius 1 is 0.672 bits per heavy atom. The highest BCUT2D eigenvalue weighted by atomic mass is 16.6. The van der Waals surface area contributed by atoms with E-state index >= 15 is 0 Å². The number of non-ortho nitro benzene ring substituents is 2. The molecule has 0 aliphatic carbocycles. The Labute approximate surface area is 324 Å². The third kappa shape index (κ3) is 5.04. The van der Waals surface area contributed by atoms with Crippen LogP contribution in [-0.4, -0.2) is 51.1 Å². The van der Waals surface area contributed by atoms with Crippen LogP contribution in [-0.2, 0) is 56.6 Å². The first-order valence-electron chi connectivity index (χ1n) is 18.2. The van der Waals surface area contributed by atoms with Crippen LogP contribution in [0.5, 0.6) is 0 Å². The Morgan fingerprint density at radius 2 is 1.07 bits per heavy atom. The van der Waals surface area contributed by atoms with E-state index in [1.54, 1.807) is 62.4 Å². The van der Waals surface area contributed by atoms with E-state index in [9.17, 15) is 49.6 Å². The Morgan fingerprint density at radius 3 is 1.43 bits per heavy atom. The molecule has 2 atom stereocenters. The van der Waals surface area contributed by atoms with Gasteiger partial charge in [-0.25, -0.2) is 19.6 Å². The van der Waals surface area contributed by atoms with E-state index in [4.69, 9.17) is 9.47 Å². The summed E-state index contributed by atoms with van der Waals surface area (Å²) in [6.07, 6.45) is 0.123. The van der Waals surface area contributed by atoms with Crippen molar-refractivity contribution in [3.05, 3.63) is 135 Å². The van der Waals surface area contributed by atoms with Crippen molar-refractivity contribution in [1.29, 1.82) is 0 Å². The molecule has 0 spiro atoms. The van der Waals surface area contributed by atoms with Crippen LogP contribution in [0.1, 0.15) is 60.1 Å². The van der Waals surface area contributed by atoms with Gasteiger partial charge >= 0.3 is 11.9 Å². The van der Waals surface area contributed by atoms with Gasteiger partial charge in [0.2, 0.25) is 0 Å². The number of esters is 2. The van der Waals surface area contributed by atoms with E-state index in [0.717, 1.165) is 0 Å². The first kappa shape index (κ1) is 36.5. The lowest BCUT2D eigenvalue weighted by molar-refractivity contribution is -0.383. The number of nitro groups is 2. The predicted octanol–water partition coefficient (Wildman–Crippen LogP) is 3.98. The average molecular weight is 787 g/mol. The van der Waals surface area contributed by atoms with Crippen LogP contribution >= 0.6 is 0 Å². The SMILES string of the molecule is CC[C@@]1(O)C(=O)OCc2c1cc1n(c2=O)Cc2cc3c([N+](=O)[O-])cccc3nc2-1.CC[C@@]1(O)C(=O)OCc2c1cc1n(c2=O)Cc2cc3c([N+](=O)[O-])cccc3nc2-1. The molecular weight excluding hydrogens is 756 g/mol. The van der Waals surface area contributed by atoms with Crippen molar-refractivity contribution >= 4 is 45.1 Å². The lowest BCUT2D eigenvalue weighted by atomic mass is 9.86. The zero-order valence-corrected chi connectivity index (χ0v) is 30.7. The molecule has 10 rings (SSSR count). The summed E-state index contributed by atoms with van der Waals surface area (Å²) >= 11 is 0. The molecule has 2 N–H and O–H groups in total. The fraction of sp³-hybridized carbons (Fsp3) is 0.250. The zero-order valence-electron chi connectivity index (χ0n) is 30.7. The molecule has 0 radical (unpaired) electrons. The fourth-order valence-corrected chi connectivity index (χ4v) is 8.29. The van der Waals surface area contributed by atoms with Gasteiger partial charge in [-0.15, -0.1) is 0 Å². The number of carbonyl (C=O) groups excluding carboxylic acids is 2. The maximum atomic E-state index is 13.1. The van der Waals surface area contributed by atoms with Crippen molar-refractivity contribution in [3.8, 4) is 22.8 Å². The van der Waals surface area contributed by atoms with Crippen LogP contribution < -0.4 is 11.1 Å². The maximum Gasteiger partial charge on any atom is 0.343 e. The quantitative estimate of drug-likeness (QED) is 0.146. The van der Waals surface area contributed by atoms with Gasteiger partial charge in [-0.05, 0) is 49.2 Å². The number of aliphatic hydroxyl groups is 2. The summed E-state index contributed by atoms with van der Waals surface area (Å²) in [5, 5.41) is 45.2. The number of hydrogen-bond donors (Lipinski definition) is 2. The summed E-state index contributed by atoms with van der Waals surface area (Å²) in [6.45, 7) is 3.27. The number of nitro benzene ring substituents is 2. The molecule has 0 amide bonds. The van der Waals surface area contributed by atoms with Crippen molar-refractivity contribution in [2.45, 2.75) is 64.2 Å². The van der Waals surface area contributed by atoms with Crippen molar-refractivity contribution in [3.63, 3.8) is 0 Å². The van der Waals surface area contributed by atoms with Crippen molar-refractivity contribution in [2.24, 2.45) is 0 Å². The molecule has 58 heavy (non-hydrogen) atoms. The normalized spacial score (nSPS) is 19.4. The molecular formula is C40H30N6O12. The first-order chi connectivity index (χ1) is 27.7. The van der Waals surface area contributed by atoms with Gasteiger partial charge in [0.25, 0.3) is 22.5 Å². The molecule has 0 unspecified atom stereocenters. The molecule has 0 fully saturated rings. The van der Waals surface area contributed by atoms with Gasteiger partial charge in [0.1, 0.15) is 13.2 Å². The van der Waals surface area contributed by atoms with E-state index in [0.29, 0.717) is 55.7 Å². The summed E-state index contributed by atoms with van der Waals surface area (Å²) in [5.41, 5.74) is 0.483. The standard InChI is InChI=1S/2C20H15N3O6/c2*1-2-20(26)13-7-16-17-10(8-22(16)18(24)12(13)9-29-19(20)25)6-11-14(21-17)4-3-5-15(11)23(27)28/h2*3-7,26H,2,8-9H2,1H3/t2*20-/m00/s1. The van der Waals surface area contributed by atoms with Crippen LogP contribution in [0.2, 0.25) is 0 Å². The average Bonchev–Trinajstić information content (AvgIpc) is 3.76. The Kier molecular flexibility index (Phi) is 7.96. The number of hydrogen-bond acceptors (Lipinski definition) is 14. The number of rotatable bonds is 4. The van der Waals surface area contributed by atoms with Gasteiger partial charge in [-0.1, -0.05) is 26.0 Å². The van der Waals surface area contributed by atoms with E-state index in [-0.39, 0.29) is 83.9 Å². The Balaban J connectivity index is 0.000000150. The molecule has 292 valence electrons. The lowest BCUT2D eigenvalue weighted by Gasteiger charge is -2.31. The van der Waals surface area contributed by atoms with Gasteiger partial charge in [0.05, 0.1) is 78.6 Å². The van der Waals surface area contributed by atoms with E-state index in [1.807, 2.05) is 0 Å². The summed E-state index contributed by atoms with van der Waals surface area (Å²) in [4.78, 5) is 81.4. The Bertz CT molecular complexity index is 2830. The smallest absolute Gasteiger partial charge is 0.343 e. The predicted molar refractivity (Wildman–Crippen MR) is 202 cm³/mol. The molecule has 4 aromatic heterocycles. The van der Waals surface area contributed by atoms with Crippen molar-refractivity contribution in [1.82, 2.24) is 19.1 Å². The zero-order chi connectivity index (χ0) is 41.0. The minimum absolute atomic E-state index is 0.0558. The van der Waals surface area contributed by atoms with Crippen LogP contribution in [0, 0.1) is 20.2 Å². The summed E-state index contributed by atoms with van der Waals surface area (Å²) < 4.78 is 13.1.